The van der Waals surface area contributed by atoms with Gasteiger partial charge in [-0.1, -0.05) is 11.8 Å². The molecule has 25 heavy (non-hydrogen) atoms. The molecule has 2 aromatic heterocycles. The van der Waals surface area contributed by atoms with Gasteiger partial charge in [-0.2, -0.15) is 0 Å². The van der Waals surface area contributed by atoms with Gasteiger partial charge in [-0.15, -0.1) is 10.2 Å². The zero-order chi connectivity index (χ0) is 17.8. The first kappa shape index (κ1) is 17.1. The number of nitrogens with one attached hydrogen (secondary N) is 1. The van der Waals surface area contributed by atoms with E-state index in [1.165, 1.54) is 36.0 Å². The molecule has 1 atom stereocenters. The minimum Gasteiger partial charge on any atom is -0.325 e. The summed E-state index contributed by atoms with van der Waals surface area (Å²) in [5, 5.41) is 11.3. The van der Waals surface area contributed by atoms with Crippen LogP contribution in [-0.4, -0.2) is 30.9 Å². The number of benzene rings is 1. The van der Waals surface area contributed by atoms with E-state index in [9.17, 15) is 9.18 Å². The van der Waals surface area contributed by atoms with Crippen LogP contribution in [0.1, 0.15) is 6.92 Å². The van der Waals surface area contributed by atoms with Gasteiger partial charge < -0.3 is 9.88 Å². The van der Waals surface area contributed by atoms with Gasteiger partial charge in [-0.05, 0) is 43.3 Å². The van der Waals surface area contributed by atoms with Crippen molar-refractivity contribution in [3.8, 4) is 11.4 Å². The van der Waals surface area contributed by atoms with E-state index >= 15 is 0 Å². The molecule has 1 N–H and O–H groups in total. The van der Waals surface area contributed by atoms with E-state index in [0.717, 1.165) is 5.56 Å². The van der Waals surface area contributed by atoms with Crippen molar-refractivity contribution >= 4 is 23.4 Å². The number of pyridine rings is 1. The fraction of sp³-hybridized carbons (Fsp3) is 0.176. The quantitative estimate of drug-likeness (QED) is 0.710. The van der Waals surface area contributed by atoms with Crippen LogP contribution in [0, 0.1) is 5.82 Å². The van der Waals surface area contributed by atoms with Crippen LogP contribution in [0.2, 0.25) is 0 Å². The molecule has 3 rings (SSSR count). The highest BCUT2D eigenvalue weighted by Gasteiger charge is 2.19. The summed E-state index contributed by atoms with van der Waals surface area (Å²) in [6, 6.07) is 9.35. The summed E-state index contributed by atoms with van der Waals surface area (Å²) in [6.07, 6.45) is 3.38. The van der Waals surface area contributed by atoms with Crippen LogP contribution in [-0.2, 0) is 11.8 Å². The molecule has 0 saturated carbocycles. The van der Waals surface area contributed by atoms with Crippen molar-refractivity contribution in [1.82, 2.24) is 19.7 Å². The van der Waals surface area contributed by atoms with Crippen molar-refractivity contribution in [1.29, 1.82) is 0 Å². The lowest BCUT2D eigenvalue weighted by atomic mass is 10.2. The summed E-state index contributed by atoms with van der Waals surface area (Å²) < 4.78 is 14.8. The second kappa shape index (κ2) is 7.43. The smallest absolute Gasteiger partial charge is 0.237 e. The number of nitrogens with zero attached hydrogens (tertiary/aromatic N) is 4. The monoisotopic (exact) mass is 357 g/mol. The van der Waals surface area contributed by atoms with E-state index in [2.05, 4.69) is 20.5 Å². The Morgan fingerprint density at radius 2 is 1.84 bits per heavy atom. The van der Waals surface area contributed by atoms with Crippen molar-refractivity contribution in [2.45, 2.75) is 17.3 Å². The Morgan fingerprint density at radius 3 is 2.52 bits per heavy atom. The SMILES string of the molecule is CC(Sc1nnc(-c2ccncc2)n1C)C(=O)Nc1ccc(F)cc1. The summed E-state index contributed by atoms with van der Waals surface area (Å²) in [5.41, 5.74) is 1.45. The summed E-state index contributed by atoms with van der Waals surface area (Å²) in [7, 11) is 1.85. The number of hydrogen-bond acceptors (Lipinski definition) is 5. The second-order valence-electron chi connectivity index (χ2n) is 5.36. The van der Waals surface area contributed by atoms with Gasteiger partial charge in [0, 0.05) is 30.7 Å². The van der Waals surface area contributed by atoms with E-state index in [0.29, 0.717) is 16.7 Å². The van der Waals surface area contributed by atoms with Crippen LogP contribution in [0.15, 0.2) is 53.9 Å². The summed E-state index contributed by atoms with van der Waals surface area (Å²) in [5.74, 6) is 0.171. The Bertz CT molecular complexity index is 867. The number of hydrogen-bond donors (Lipinski definition) is 1. The lowest BCUT2D eigenvalue weighted by Crippen LogP contribution is -2.22. The highest BCUT2D eigenvalue weighted by atomic mass is 32.2. The largest absolute Gasteiger partial charge is 0.325 e. The number of thioether (sulfide) groups is 1. The Morgan fingerprint density at radius 1 is 1.16 bits per heavy atom. The molecule has 0 spiro atoms. The van der Waals surface area contributed by atoms with E-state index in [1.807, 2.05) is 23.7 Å². The molecule has 0 saturated heterocycles. The average Bonchev–Trinajstić information content (AvgIpc) is 2.98. The third kappa shape index (κ3) is 4.03. The van der Waals surface area contributed by atoms with Crippen LogP contribution in [0.4, 0.5) is 10.1 Å². The van der Waals surface area contributed by atoms with Crippen LogP contribution >= 0.6 is 11.8 Å². The number of amides is 1. The van der Waals surface area contributed by atoms with Crippen molar-refractivity contribution in [2.24, 2.45) is 7.05 Å². The zero-order valence-corrected chi connectivity index (χ0v) is 14.5. The van der Waals surface area contributed by atoms with Gasteiger partial charge in [0.05, 0.1) is 5.25 Å². The average molecular weight is 357 g/mol. The standard InChI is InChI=1S/C17H16FN5OS/c1-11(16(24)20-14-5-3-13(18)4-6-14)25-17-22-21-15(23(17)2)12-7-9-19-10-8-12/h3-11H,1-2H3,(H,20,24). The fourth-order valence-electron chi connectivity index (χ4n) is 2.16. The van der Waals surface area contributed by atoms with Gasteiger partial charge in [-0.3, -0.25) is 9.78 Å². The molecule has 1 aromatic carbocycles. The number of rotatable bonds is 5. The molecule has 0 aliphatic heterocycles. The number of anilines is 1. The molecule has 0 aliphatic rings. The van der Waals surface area contributed by atoms with Gasteiger partial charge in [0.1, 0.15) is 5.82 Å². The molecule has 6 nitrogen and oxygen atoms in total. The topological polar surface area (TPSA) is 72.7 Å². The molecule has 2 heterocycles. The van der Waals surface area contributed by atoms with E-state index < -0.39 is 5.25 Å². The van der Waals surface area contributed by atoms with Gasteiger partial charge in [-0.25, -0.2) is 4.39 Å². The minimum absolute atomic E-state index is 0.190. The minimum atomic E-state index is -0.391. The maximum Gasteiger partial charge on any atom is 0.237 e. The van der Waals surface area contributed by atoms with Gasteiger partial charge in [0.25, 0.3) is 0 Å². The van der Waals surface area contributed by atoms with E-state index in [1.54, 1.807) is 19.3 Å². The number of carbonyl (C=O) groups excluding carboxylic acids is 1. The number of aromatic nitrogens is 4. The third-order valence-corrected chi connectivity index (χ3v) is 4.67. The summed E-state index contributed by atoms with van der Waals surface area (Å²) in [6.45, 7) is 1.78. The van der Waals surface area contributed by atoms with Crippen LogP contribution in [0.3, 0.4) is 0 Å². The molecule has 0 radical (unpaired) electrons. The molecule has 0 aliphatic carbocycles. The predicted molar refractivity (Wildman–Crippen MR) is 94.6 cm³/mol. The molecule has 128 valence electrons. The second-order valence-corrected chi connectivity index (χ2v) is 6.67. The fourth-order valence-corrected chi connectivity index (χ4v) is 2.97. The van der Waals surface area contributed by atoms with Crippen molar-refractivity contribution in [3.05, 3.63) is 54.6 Å². The normalized spacial score (nSPS) is 12.0. The molecule has 1 amide bonds. The van der Waals surface area contributed by atoms with Crippen molar-refractivity contribution < 1.29 is 9.18 Å². The van der Waals surface area contributed by atoms with E-state index in [-0.39, 0.29) is 11.7 Å². The number of carbonyl (C=O) groups is 1. The molecule has 8 heteroatoms. The first-order valence-electron chi connectivity index (χ1n) is 7.57. The molecule has 0 fully saturated rings. The molecule has 3 aromatic rings. The predicted octanol–water partition coefficient (Wildman–Crippen LogP) is 3.14. The highest BCUT2D eigenvalue weighted by molar-refractivity contribution is 8.00. The Hall–Kier alpha value is -2.74. The molecule has 0 bridgehead atoms. The molecular weight excluding hydrogens is 341 g/mol. The first-order chi connectivity index (χ1) is 12.0. The molecular formula is C17H16FN5OS. The Kier molecular flexibility index (Phi) is 5.08. The maximum absolute atomic E-state index is 12.9. The van der Waals surface area contributed by atoms with Crippen molar-refractivity contribution in [2.75, 3.05) is 5.32 Å². The number of halogens is 1. The first-order valence-corrected chi connectivity index (χ1v) is 8.45. The summed E-state index contributed by atoms with van der Waals surface area (Å²) >= 11 is 1.30. The third-order valence-electron chi connectivity index (χ3n) is 3.54. The van der Waals surface area contributed by atoms with E-state index in [4.69, 9.17) is 0 Å². The lowest BCUT2D eigenvalue weighted by molar-refractivity contribution is -0.115. The van der Waals surface area contributed by atoms with Crippen LogP contribution in [0.25, 0.3) is 11.4 Å². The van der Waals surface area contributed by atoms with Crippen LogP contribution in [0.5, 0.6) is 0 Å². The van der Waals surface area contributed by atoms with Gasteiger partial charge in [0.15, 0.2) is 11.0 Å². The maximum atomic E-state index is 12.9. The highest BCUT2D eigenvalue weighted by Crippen LogP contribution is 2.26. The van der Waals surface area contributed by atoms with Crippen molar-refractivity contribution in [3.63, 3.8) is 0 Å². The van der Waals surface area contributed by atoms with Crippen LogP contribution < -0.4 is 5.32 Å². The van der Waals surface area contributed by atoms with Gasteiger partial charge >= 0.3 is 0 Å². The Balaban J connectivity index is 1.68. The summed E-state index contributed by atoms with van der Waals surface area (Å²) in [4.78, 5) is 16.3. The zero-order valence-electron chi connectivity index (χ0n) is 13.7. The Labute approximate surface area is 148 Å². The lowest BCUT2D eigenvalue weighted by Gasteiger charge is -2.11. The van der Waals surface area contributed by atoms with Gasteiger partial charge in [0.2, 0.25) is 5.91 Å². The molecule has 1 unspecified atom stereocenters.